The SMILES string of the molecule is CCN(C)c1c(F)cc(C#N)cc1F. The van der Waals surface area contributed by atoms with Crippen molar-refractivity contribution in [3.8, 4) is 6.07 Å². The molecule has 0 atom stereocenters. The average Bonchev–Trinajstić information content (AvgIpc) is 2.16. The van der Waals surface area contributed by atoms with Crippen molar-refractivity contribution in [3.05, 3.63) is 29.3 Å². The lowest BCUT2D eigenvalue weighted by Crippen LogP contribution is -2.18. The Morgan fingerprint density at radius 3 is 2.21 bits per heavy atom. The summed E-state index contributed by atoms with van der Waals surface area (Å²) in [5.41, 5.74) is -0.0975. The van der Waals surface area contributed by atoms with Crippen molar-refractivity contribution < 1.29 is 8.78 Å². The normalized spacial score (nSPS) is 9.64. The second-order valence-corrected chi connectivity index (χ2v) is 2.91. The van der Waals surface area contributed by atoms with E-state index in [1.165, 1.54) is 4.90 Å². The van der Waals surface area contributed by atoms with E-state index in [-0.39, 0.29) is 11.3 Å². The molecule has 0 saturated heterocycles. The molecule has 0 aromatic heterocycles. The van der Waals surface area contributed by atoms with E-state index in [2.05, 4.69) is 0 Å². The summed E-state index contributed by atoms with van der Waals surface area (Å²) in [7, 11) is 1.59. The molecule has 0 saturated carbocycles. The summed E-state index contributed by atoms with van der Waals surface area (Å²) < 4.78 is 26.6. The highest BCUT2D eigenvalue weighted by Crippen LogP contribution is 2.23. The molecule has 0 amide bonds. The zero-order valence-corrected chi connectivity index (χ0v) is 8.01. The molecule has 74 valence electrons. The first-order chi connectivity index (χ1) is 6.60. The molecule has 0 N–H and O–H groups in total. The molecule has 0 bridgehead atoms. The van der Waals surface area contributed by atoms with Gasteiger partial charge in [0.05, 0.1) is 11.6 Å². The summed E-state index contributed by atoms with van der Waals surface area (Å²) in [6.45, 7) is 2.29. The van der Waals surface area contributed by atoms with Gasteiger partial charge in [0.15, 0.2) is 11.6 Å². The van der Waals surface area contributed by atoms with Crippen LogP contribution in [0.4, 0.5) is 14.5 Å². The predicted octanol–water partition coefficient (Wildman–Crippen LogP) is 2.29. The number of anilines is 1. The van der Waals surface area contributed by atoms with Crippen LogP contribution >= 0.6 is 0 Å². The fraction of sp³-hybridized carbons (Fsp3) is 0.300. The van der Waals surface area contributed by atoms with E-state index in [4.69, 9.17) is 5.26 Å². The Morgan fingerprint density at radius 1 is 1.36 bits per heavy atom. The van der Waals surface area contributed by atoms with Crippen LogP contribution < -0.4 is 4.90 Å². The molecule has 1 rings (SSSR count). The second kappa shape index (κ2) is 4.05. The highest BCUT2D eigenvalue weighted by Gasteiger charge is 2.13. The molecule has 0 aliphatic carbocycles. The molecule has 0 aliphatic rings. The number of nitrogens with zero attached hydrogens (tertiary/aromatic N) is 2. The summed E-state index contributed by atoms with van der Waals surface area (Å²) >= 11 is 0. The monoisotopic (exact) mass is 196 g/mol. The molecule has 14 heavy (non-hydrogen) atoms. The Kier molecular flexibility index (Phi) is 3.03. The van der Waals surface area contributed by atoms with Gasteiger partial charge >= 0.3 is 0 Å². The van der Waals surface area contributed by atoms with Crippen LogP contribution in [0.2, 0.25) is 0 Å². The van der Waals surface area contributed by atoms with Crippen LogP contribution in [0.1, 0.15) is 12.5 Å². The molecule has 0 fully saturated rings. The maximum Gasteiger partial charge on any atom is 0.150 e. The molecule has 0 heterocycles. The van der Waals surface area contributed by atoms with Crippen LogP contribution in [0, 0.1) is 23.0 Å². The number of hydrogen-bond donors (Lipinski definition) is 0. The summed E-state index contributed by atoms with van der Waals surface area (Å²) in [5.74, 6) is -1.41. The summed E-state index contributed by atoms with van der Waals surface area (Å²) in [4.78, 5) is 1.45. The number of rotatable bonds is 2. The Morgan fingerprint density at radius 2 is 1.86 bits per heavy atom. The standard InChI is InChI=1S/C10H10F2N2/c1-3-14(2)10-8(11)4-7(6-13)5-9(10)12/h4-5H,3H2,1-2H3. The van der Waals surface area contributed by atoms with Crippen molar-refractivity contribution in [1.29, 1.82) is 5.26 Å². The van der Waals surface area contributed by atoms with Gasteiger partial charge in [0.1, 0.15) is 5.69 Å². The van der Waals surface area contributed by atoms with Crippen molar-refractivity contribution >= 4 is 5.69 Å². The fourth-order valence-corrected chi connectivity index (χ4v) is 1.15. The third-order valence-corrected chi connectivity index (χ3v) is 2.00. The van der Waals surface area contributed by atoms with Gasteiger partial charge in [0, 0.05) is 13.6 Å². The molecule has 0 spiro atoms. The largest absolute Gasteiger partial charge is 0.370 e. The first-order valence-corrected chi connectivity index (χ1v) is 4.20. The molecule has 1 aromatic rings. The Bertz CT molecular complexity index is 359. The number of benzene rings is 1. The van der Waals surface area contributed by atoms with Crippen molar-refractivity contribution in [2.24, 2.45) is 0 Å². The van der Waals surface area contributed by atoms with E-state index < -0.39 is 11.6 Å². The number of halogens is 2. The van der Waals surface area contributed by atoms with Crippen molar-refractivity contribution in [2.75, 3.05) is 18.5 Å². The van der Waals surface area contributed by atoms with Crippen molar-refractivity contribution in [1.82, 2.24) is 0 Å². The van der Waals surface area contributed by atoms with Crippen LogP contribution in [0.25, 0.3) is 0 Å². The topological polar surface area (TPSA) is 27.0 Å². The third kappa shape index (κ3) is 1.82. The molecule has 0 unspecified atom stereocenters. The minimum Gasteiger partial charge on any atom is -0.370 e. The first kappa shape index (κ1) is 10.5. The number of hydrogen-bond acceptors (Lipinski definition) is 2. The van der Waals surface area contributed by atoms with E-state index in [1.807, 2.05) is 0 Å². The predicted molar refractivity (Wildman–Crippen MR) is 50.0 cm³/mol. The van der Waals surface area contributed by atoms with Crippen LogP contribution in [0.5, 0.6) is 0 Å². The third-order valence-electron chi connectivity index (χ3n) is 2.00. The molecule has 1 aromatic carbocycles. The lowest BCUT2D eigenvalue weighted by atomic mass is 10.2. The number of nitriles is 1. The zero-order chi connectivity index (χ0) is 10.7. The summed E-state index contributed by atoms with van der Waals surface area (Å²) in [5, 5.41) is 8.48. The lowest BCUT2D eigenvalue weighted by Gasteiger charge is -2.18. The van der Waals surface area contributed by atoms with Gasteiger partial charge in [-0.15, -0.1) is 0 Å². The quantitative estimate of drug-likeness (QED) is 0.725. The highest BCUT2D eigenvalue weighted by atomic mass is 19.1. The van der Waals surface area contributed by atoms with Crippen LogP contribution in [-0.4, -0.2) is 13.6 Å². The highest BCUT2D eigenvalue weighted by molar-refractivity contribution is 5.51. The van der Waals surface area contributed by atoms with Gasteiger partial charge < -0.3 is 4.90 Å². The second-order valence-electron chi connectivity index (χ2n) is 2.91. The maximum absolute atomic E-state index is 13.3. The Labute approximate surface area is 81.4 Å². The molecule has 2 nitrogen and oxygen atoms in total. The first-order valence-electron chi connectivity index (χ1n) is 4.20. The van der Waals surface area contributed by atoms with Crippen LogP contribution in [-0.2, 0) is 0 Å². The Hall–Kier alpha value is -1.63. The summed E-state index contributed by atoms with van der Waals surface area (Å²) in [6, 6.07) is 3.76. The fourth-order valence-electron chi connectivity index (χ4n) is 1.15. The van der Waals surface area contributed by atoms with Gasteiger partial charge in [-0.05, 0) is 19.1 Å². The zero-order valence-electron chi connectivity index (χ0n) is 8.01. The van der Waals surface area contributed by atoms with E-state index in [0.29, 0.717) is 6.54 Å². The molecular formula is C10H10F2N2. The molecule has 0 aliphatic heterocycles. The van der Waals surface area contributed by atoms with E-state index in [9.17, 15) is 8.78 Å². The van der Waals surface area contributed by atoms with Gasteiger partial charge in [-0.2, -0.15) is 5.26 Å². The smallest absolute Gasteiger partial charge is 0.150 e. The van der Waals surface area contributed by atoms with Gasteiger partial charge in [-0.25, -0.2) is 8.78 Å². The lowest BCUT2D eigenvalue weighted by molar-refractivity contribution is 0.577. The molecular weight excluding hydrogens is 186 g/mol. The minimum atomic E-state index is -0.703. The van der Waals surface area contributed by atoms with Crippen LogP contribution in [0.15, 0.2) is 12.1 Å². The molecule has 4 heteroatoms. The van der Waals surface area contributed by atoms with E-state index in [0.717, 1.165) is 12.1 Å². The Balaban J connectivity index is 3.26. The molecule has 0 radical (unpaired) electrons. The van der Waals surface area contributed by atoms with Gasteiger partial charge in [0.25, 0.3) is 0 Å². The average molecular weight is 196 g/mol. The summed E-state index contributed by atoms with van der Waals surface area (Å²) in [6.07, 6.45) is 0. The van der Waals surface area contributed by atoms with E-state index >= 15 is 0 Å². The van der Waals surface area contributed by atoms with E-state index in [1.54, 1.807) is 20.0 Å². The minimum absolute atomic E-state index is 0.00625. The maximum atomic E-state index is 13.3. The van der Waals surface area contributed by atoms with Gasteiger partial charge in [-0.3, -0.25) is 0 Å². The van der Waals surface area contributed by atoms with Gasteiger partial charge in [-0.1, -0.05) is 0 Å². The van der Waals surface area contributed by atoms with Gasteiger partial charge in [0.2, 0.25) is 0 Å². The van der Waals surface area contributed by atoms with Crippen LogP contribution in [0.3, 0.4) is 0 Å². The van der Waals surface area contributed by atoms with Crippen molar-refractivity contribution in [2.45, 2.75) is 6.92 Å². The van der Waals surface area contributed by atoms with Crippen molar-refractivity contribution in [3.63, 3.8) is 0 Å².